The molecule has 1 fully saturated rings. The Bertz CT molecular complexity index is 1320. The molecule has 3 aromatic rings. The van der Waals surface area contributed by atoms with Gasteiger partial charge in [-0.25, -0.2) is 8.42 Å². The number of carbonyl (C=O) groups excluding carboxylic acids is 1. The number of benzene rings is 3. The molecule has 178 valence electrons. The lowest BCUT2D eigenvalue weighted by Crippen LogP contribution is -2.43. The molecule has 0 aliphatic carbocycles. The van der Waals surface area contributed by atoms with Crippen molar-refractivity contribution in [3.8, 4) is 11.5 Å². The molecule has 0 radical (unpaired) electrons. The van der Waals surface area contributed by atoms with Crippen molar-refractivity contribution in [1.29, 1.82) is 0 Å². The average molecular weight is 481 g/mol. The number of sulfonamides is 1. The van der Waals surface area contributed by atoms with Gasteiger partial charge in [0.15, 0.2) is 11.5 Å². The number of hydrogen-bond donors (Lipinski definition) is 1. The normalized spacial score (nSPS) is 17.9. The van der Waals surface area contributed by atoms with Gasteiger partial charge in [-0.2, -0.15) is 4.31 Å². The molecule has 1 unspecified atom stereocenters. The highest BCUT2D eigenvalue weighted by molar-refractivity contribution is 7.89. The van der Waals surface area contributed by atoms with Crippen molar-refractivity contribution < 1.29 is 22.7 Å². The minimum absolute atomic E-state index is 0.0508. The quantitative estimate of drug-likeness (QED) is 0.599. The zero-order valence-electron chi connectivity index (χ0n) is 19.1. The highest BCUT2D eigenvalue weighted by Gasteiger charge is 2.32. The van der Waals surface area contributed by atoms with Crippen molar-refractivity contribution in [2.75, 3.05) is 26.3 Å². The van der Waals surface area contributed by atoms with Gasteiger partial charge >= 0.3 is 0 Å². The second-order valence-corrected chi connectivity index (χ2v) is 10.8. The van der Waals surface area contributed by atoms with E-state index in [1.807, 2.05) is 55.5 Å². The number of fused-ring (bicyclic) bond motifs is 2. The summed E-state index contributed by atoms with van der Waals surface area (Å²) in [5, 5.41) is 4.97. The van der Waals surface area contributed by atoms with Gasteiger partial charge in [-0.3, -0.25) is 4.79 Å². The van der Waals surface area contributed by atoms with Crippen LogP contribution in [0.3, 0.4) is 0 Å². The van der Waals surface area contributed by atoms with Gasteiger partial charge in [0.25, 0.3) is 0 Å². The number of nitrogens with zero attached hydrogens (tertiary/aromatic N) is 1. The summed E-state index contributed by atoms with van der Waals surface area (Å²) in [6.07, 6.45) is 0.985. The van der Waals surface area contributed by atoms with Crippen molar-refractivity contribution in [2.24, 2.45) is 5.92 Å². The monoisotopic (exact) mass is 480 g/mol. The van der Waals surface area contributed by atoms with E-state index in [1.165, 1.54) is 4.31 Å². The van der Waals surface area contributed by atoms with Gasteiger partial charge in [0.1, 0.15) is 13.2 Å². The van der Waals surface area contributed by atoms with E-state index in [9.17, 15) is 13.2 Å². The number of amides is 1. The molecule has 5 rings (SSSR count). The smallest absolute Gasteiger partial charge is 0.243 e. The topological polar surface area (TPSA) is 84.9 Å². The molecule has 0 saturated carbocycles. The molecule has 0 aromatic heterocycles. The Kier molecular flexibility index (Phi) is 6.18. The van der Waals surface area contributed by atoms with Gasteiger partial charge < -0.3 is 14.8 Å². The van der Waals surface area contributed by atoms with Crippen LogP contribution < -0.4 is 14.8 Å². The van der Waals surface area contributed by atoms with Crippen LogP contribution in [0.1, 0.15) is 31.4 Å². The largest absolute Gasteiger partial charge is 0.486 e. The van der Waals surface area contributed by atoms with Crippen LogP contribution in [0.25, 0.3) is 10.8 Å². The first-order valence-electron chi connectivity index (χ1n) is 11.6. The van der Waals surface area contributed by atoms with Gasteiger partial charge in [0, 0.05) is 19.0 Å². The Morgan fingerprint density at radius 1 is 0.941 bits per heavy atom. The molecular weight excluding hydrogens is 452 g/mol. The fraction of sp³-hybridized carbons (Fsp3) is 0.346. The van der Waals surface area contributed by atoms with E-state index in [4.69, 9.17) is 9.47 Å². The summed E-state index contributed by atoms with van der Waals surface area (Å²) in [7, 11) is -3.60. The summed E-state index contributed by atoms with van der Waals surface area (Å²) in [5.41, 5.74) is 0.939. The van der Waals surface area contributed by atoms with Gasteiger partial charge in [0.2, 0.25) is 15.9 Å². The first-order chi connectivity index (χ1) is 16.4. The predicted molar refractivity (Wildman–Crippen MR) is 129 cm³/mol. The second kappa shape index (κ2) is 9.27. The molecule has 0 bridgehead atoms. The number of ether oxygens (including phenoxy) is 2. The van der Waals surface area contributed by atoms with Crippen LogP contribution in [0, 0.1) is 5.92 Å². The minimum atomic E-state index is -3.60. The zero-order chi connectivity index (χ0) is 23.7. The van der Waals surface area contributed by atoms with E-state index >= 15 is 0 Å². The first kappa shape index (κ1) is 22.7. The van der Waals surface area contributed by atoms with E-state index in [0.29, 0.717) is 55.5 Å². The van der Waals surface area contributed by atoms with Crippen molar-refractivity contribution in [2.45, 2.75) is 30.7 Å². The Hall–Kier alpha value is -3.10. The third-order valence-electron chi connectivity index (χ3n) is 6.61. The lowest BCUT2D eigenvalue weighted by molar-refractivity contribution is -0.126. The summed E-state index contributed by atoms with van der Waals surface area (Å²) >= 11 is 0. The SMILES string of the molecule is CC(NC(=O)C1CCN(S(=O)(=O)c2ccc3ccccc3c2)CC1)c1ccc2c(c1)OCCO2. The summed E-state index contributed by atoms with van der Waals surface area (Å²) < 4.78 is 39.1. The molecule has 8 heteroatoms. The van der Waals surface area contributed by atoms with Crippen molar-refractivity contribution >= 4 is 26.7 Å². The number of piperidine rings is 1. The second-order valence-electron chi connectivity index (χ2n) is 8.82. The summed E-state index contributed by atoms with van der Waals surface area (Å²) in [6, 6.07) is 18.4. The number of hydrogen-bond acceptors (Lipinski definition) is 5. The zero-order valence-corrected chi connectivity index (χ0v) is 19.9. The van der Waals surface area contributed by atoms with Crippen molar-refractivity contribution in [1.82, 2.24) is 9.62 Å². The lowest BCUT2D eigenvalue weighted by Gasteiger charge is -2.31. The Balaban J connectivity index is 1.21. The van der Waals surface area contributed by atoms with Crippen molar-refractivity contribution in [3.63, 3.8) is 0 Å². The van der Waals surface area contributed by atoms with Crippen LogP contribution in [-0.4, -0.2) is 44.9 Å². The third-order valence-corrected chi connectivity index (χ3v) is 8.50. The summed E-state index contributed by atoms with van der Waals surface area (Å²) in [6.45, 7) is 3.63. The maximum absolute atomic E-state index is 13.2. The van der Waals surface area contributed by atoms with Gasteiger partial charge in [-0.1, -0.05) is 36.4 Å². The summed E-state index contributed by atoms with van der Waals surface area (Å²) in [5.74, 6) is 1.14. The van der Waals surface area contributed by atoms with E-state index in [1.54, 1.807) is 12.1 Å². The van der Waals surface area contributed by atoms with Gasteiger partial charge in [0.05, 0.1) is 10.9 Å². The maximum atomic E-state index is 13.2. The molecule has 3 aromatic carbocycles. The molecule has 0 spiro atoms. The standard InChI is InChI=1S/C26H28N2O5S/c1-18(21-7-9-24-25(17-21)33-15-14-32-24)27-26(29)20-10-12-28(13-11-20)34(30,31)23-8-6-19-4-2-3-5-22(19)16-23/h2-9,16-18,20H,10-15H2,1H3,(H,27,29). The third kappa shape index (κ3) is 4.48. The average Bonchev–Trinajstić information content (AvgIpc) is 2.88. The fourth-order valence-electron chi connectivity index (χ4n) is 4.58. The van der Waals surface area contributed by atoms with E-state index < -0.39 is 10.0 Å². The molecule has 1 atom stereocenters. The van der Waals surface area contributed by atoms with Gasteiger partial charge in [-0.15, -0.1) is 0 Å². The van der Waals surface area contributed by atoms with E-state index in [0.717, 1.165) is 16.3 Å². The Labute approximate surface area is 199 Å². The Morgan fingerprint density at radius 2 is 1.65 bits per heavy atom. The van der Waals surface area contributed by atoms with E-state index in [2.05, 4.69) is 5.32 Å². The molecule has 1 N–H and O–H groups in total. The molecule has 2 aliphatic rings. The lowest BCUT2D eigenvalue weighted by atomic mass is 9.96. The predicted octanol–water partition coefficient (Wildman–Crippen LogP) is 3.89. The molecule has 1 saturated heterocycles. The van der Waals surface area contributed by atoms with Crippen LogP contribution in [0.5, 0.6) is 11.5 Å². The molecule has 7 nitrogen and oxygen atoms in total. The first-order valence-corrected chi connectivity index (χ1v) is 13.0. The van der Waals surface area contributed by atoms with Crippen LogP contribution in [0.2, 0.25) is 0 Å². The number of nitrogens with one attached hydrogen (secondary N) is 1. The van der Waals surface area contributed by atoms with Crippen LogP contribution in [0.15, 0.2) is 65.6 Å². The maximum Gasteiger partial charge on any atom is 0.243 e. The van der Waals surface area contributed by atoms with E-state index in [-0.39, 0.29) is 17.9 Å². The molecule has 34 heavy (non-hydrogen) atoms. The molecular formula is C26H28N2O5S. The van der Waals surface area contributed by atoms with Crippen molar-refractivity contribution in [3.05, 3.63) is 66.2 Å². The number of rotatable bonds is 5. The van der Waals surface area contributed by atoms with Crippen LogP contribution in [-0.2, 0) is 14.8 Å². The van der Waals surface area contributed by atoms with Crippen LogP contribution in [0.4, 0.5) is 0 Å². The van der Waals surface area contributed by atoms with Gasteiger partial charge in [-0.05, 0) is 60.4 Å². The highest BCUT2D eigenvalue weighted by Crippen LogP contribution is 2.33. The number of carbonyl (C=O) groups is 1. The molecule has 1 amide bonds. The molecule has 2 heterocycles. The minimum Gasteiger partial charge on any atom is -0.486 e. The summed E-state index contributed by atoms with van der Waals surface area (Å²) in [4.78, 5) is 13.2. The fourth-order valence-corrected chi connectivity index (χ4v) is 6.08. The Morgan fingerprint density at radius 3 is 2.41 bits per heavy atom. The molecule has 2 aliphatic heterocycles. The highest BCUT2D eigenvalue weighted by atomic mass is 32.2. The van der Waals surface area contributed by atoms with Crippen LogP contribution >= 0.6 is 0 Å².